The van der Waals surface area contributed by atoms with Crippen LogP contribution in [-0.4, -0.2) is 34.9 Å². The molecule has 0 radical (unpaired) electrons. The molecule has 0 atom stereocenters. The minimum absolute atomic E-state index is 0.0248. The highest BCUT2D eigenvalue weighted by molar-refractivity contribution is 9.10. The van der Waals surface area contributed by atoms with E-state index in [0.717, 1.165) is 22.9 Å². The van der Waals surface area contributed by atoms with Crippen molar-refractivity contribution in [2.45, 2.75) is 45.1 Å². The number of hydrogen-bond donors (Lipinski definition) is 0. The van der Waals surface area contributed by atoms with E-state index < -0.39 is 0 Å². The first-order chi connectivity index (χ1) is 12.5. The Bertz CT molecular complexity index is 745. The molecule has 1 heterocycles. The molecule has 1 saturated heterocycles. The number of amides is 1. The molecule has 2 aliphatic rings. The first-order valence-corrected chi connectivity index (χ1v) is 10.8. The van der Waals surface area contributed by atoms with Crippen molar-refractivity contribution in [1.82, 2.24) is 4.90 Å². The number of carbonyl (C=O) groups is 1. The van der Waals surface area contributed by atoms with E-state index in [1.165, 1.54) is 31.0 Å². The van der Waals surface area contributed by atoms with Crippen LogP contribution in [0.1, 0.15) is 44.6 Å². The van der Waals surface area contributed by atoms with E-state index in [9.17, 15) is 4.79 Å². The Morgan fingerprint density at radius 2 is 2.08 bits per heavy atom. The molecular weight excluding hydrogens is 434 g/mol. The van der Waals surface area contributed by atoms with Crippen molar-refractivity contribution in [1.29, 1.82) is 0 Å². The largest absolute Gasteiger partial charge is 0.492 e. The number of benzene rings is 1. The lowest BCUT2D eigenvalue weighted by atomic mass is 9.94. The van der Waals surface area contributed by atoms with Crippen molar-refractivity contribution in [3.63, 3.8) is 0 Å². The number of thioether (sulfide) groups is 1. The molecule has 0 spiro atoms. The number of halogens is 1. The van der Waals surface area contributed by atoms with Crippen molar-refractivity contribution in [2.75, 3.05) is 13.7 Å². The van der Waals surface area contributed by atoms with Gasteiger partial charge < -0.3 is 9.47 Å². The highest BCUT2D eigenvalue weighted by Gasteiger charge is 2.37. The van der Waals surface area contributed by atoms with Gasteiger partial charge in [0.15, 0.2) is 11.5 Å². The van der Waals surface area contributed by atoms with Gasteiger partial charge in [-0.2, -0.15) is 0 Å². The van der Waals surface area contributed by atoms with Gasteiger partial charge in [0.1, 0.15) is 4.32 Å². The molecule has 0 N–H and O–H groups in total. The molecule has 0 aromatic heterocycles. The summed E-state index contributed by atoms with van der Waals surface area (Å²) in [5.74, 6) is 1.33. The van der Waals surface area contributed by atoms with Crippen molar-refractivity contribution in [2.24, 2.45) is 0 Å². The summed E-state index contributed by atoms with van der Waals surface area (Å²) in [6, 6.07) is 4.07. The number of thiocarbonyl (C=S) groups is 1. The third-order valence-corrected chi connectivity index (χ3v) is 6.52. The minimum atomic E-state index is 0.0248. The van der Waals surface area contributed by atoms with Crippen LogP contribution in [0.25, 0.3) is 6.08 Å². The van der Waals surface area contributed by atoms with E-state index in [0.29, 0.717) is 27.3 Å². The molecule has 3 rings (SSSR count). The number of nitrogens with zero attached hydrogens (tertiary/aromatic N) is 1. The smallest absolute Gasteiger partial charge is 0.266 e. The summed E-state index contributed by atoms with van der Waals surface area (Å²) in [6.07, 6.45) is 7.56. The second-order valence-electron chi connectivity index (χ2n) is 6.31. The summed E-state index contributed by atoms with van der Waals surface area (Å²) in [4.78, 5) is 15.4. The average Bonchev–Trinajstić information content (AvgIpc) is 2.89. The molecule has 1 aromatic carbocycles. The fourth-order valence-corrected chi connectivity index (χ4v) is 5.44. The molecule has 0 bridgehead atoms. The predicted molar refractivity (Wildman–Crippen MR) is 114 cm³/mol. The van der Waals surface area contributed by atoms with E-state index in [-0.39, 0.29) is 11.9 Å². The molecule has 0 unspecified atom stereocenters. The maximum atomic E-state index is 12.9. The summed E-state index contributed by atoms with van der Waals surface area (Å²) in [5.41, 5.74) is 0.880. The molecule has 1 aliphatic heterocycles. The van der Waals surface area contributed by atoms with Crippen LogP contribution in [0.15, 0.2) is 21.5 Å². The van der Waals surface area contributed by atoms with Crippen LogP contribution >= 0.6 is 39.9 Å². The first-order valence-electron chi connectivity index (χ1n) is 8.82. The van der Waals surface area contributed by atoms with Crippen molar-refractivity contribution in [3.8, 4) is 11.5 Å². The Morgan fingerprint density at radius 1 is 1.35 bits per heavy atom. The fraction of sp³-hybridized carbons (Fsp3) is 0.474. The van der Waals surface area contributed by atoms with E-state index in [2.05, 4.69) is 15.9 Å². The lowest BCUT2D eigenvalue weighted by Gasteiger charge is -2.29. The topological polar surface area (TPSA) is 38.8 Å². The quantitative estimate of drug-likeness (QED) is 0.439. The molecule has 1 aliphatic carbocycles. The van der Waals surface area contributed by atoms with Gasteiger partial charge in [-0.3, -0.25) is 9.69 Å². The summed E-state index contributed by atoms with van der Waals surface area (Å²) in [7, 11) is 1.61. The van der Waals surface area contributed by atoms with Crippen LogP contribution in [0, 0.1) is 0 Å². The summed E-state index contributed by atoms with van der Waals surface area (Å²) < 4.78 is 12.5. The lowest BCUT2D eigenvalue weighted by molar-refractivity contribution is -0.124. The maximum absolute atomic E-state index is 12.9. The van der Waals surface area contributed by atoms with Gasteiger partial charge in [-0.15, -0.1) is 0 Å². The van der Waals surface area contributed by atoms with Gasteiger partial charge in [-0.25, -0.2) is 0 Å². The Labute approximate surface area is 172 Å². The van der Waals surface area contributed by atoms with Crippen molar-refractivity contribution >= 4 is 56.2 Å². The normalized spacial score (nSPS) is 20.1. The standard InChI is InChI=1S/C19H22BrNO3S2/c1-3-24-15-10-12(9-14(20)17(15)23-2)11-16-18(22)21(19(25)26-16)13-7-5-4-6-8-13/h9-11,13H,3-8H2,1-2H3/b16-11+. The Kier molecular flexibility index (Phi) is 6.64. The number of hydrogen-bond acceptors (Lipinski definition) is 5. The molecule has 26 heavy (non-hydrogen) atoms. The summed E-state index contributed by atoms with van der Waals surface area (Å²) in [5, 5.41) is 0. The Morgan fingerprint density at radius 3 is 2.73 bits per heavy atom. The third-order valence-electron chi connectivity index (χ3n) is 4.60. The second kappa shape index (κ2) is 8.76. The molecule has 4 nitrogen and oxygen atoms in total. The molecule has 7 heteroatoms. The van der Waals surface area contributed by atoms with Gasteiger partial charge in [0.05, 0.1) is 23.1 Å². The van der Waals surface area contributed by atoms with Gasteiger partial charge >= 0.3 is 0 Å². The lowest BCUT2D eigenvalue weighted by Crippen LogP contribution is -2.39. The van der Waals surface area contributed by atoms with E-state index >= 15 is 0 Å². The fourth-order valence-electron chi connectivity index (χ4n) is 3.42. The molecule has 1 aromatic rings. The van der Waals surface area contributed by atoms with Crippen LogP contribution in [-0.2, 0) is 4.79 Å². The average molecular weight is 456 g/mol. The Balaban J connectivity index is 1.88. The van der Waals surface area contributed by atoms with Gasteiger partial charge in [0.25, 0.3) is 5.91 Å². The van der Waals surface area contributed by atoms with Gasteiger partial charge in [0, 0.05) is 6.04 Å². The highest BCUT2D eigenvalue weighted by Crippen LogP contribution is 2.40. The van der Waals surface area contributed by atoms with Crippen LogP contribution in [0.2, 0.25) is 0 Å². The zero-order chi connectivity index (χ0) is 18.7. The van der Waals surface area contributed by atoms with Crippen LogP contribution in [0.3, 0.4) is 0 Å². The van der Waals surface area contributed by atoms with Crippen molar-refractivity contribution < 1.29 is 14.3 Å². The van der Waals surface area contributed by atoms with Gasteiger partial charge in [0.2, 0.25) is 0 Å². The zero-order valence-corrected chi connectivity index (χ0v) is 18.1. The van der Waals surface area contributed by atoms with E-state index in [4.69, 9.17) is 21.7 Å². The van der Waals surface area contributed by atoms with Gasteiger partial charge in [-0.1, -0.05) is 43.2 Å². The van der Waals surface area contributed by atoms with E-state index in [1.807, 2.05) is 30.0 Å². The van der Waals surface area contributed by atoms with Gasteiger partial charge in [-0.05, 0) is 59.5 Å². The number of rotatable bonds is 5. The minimum Gasteiger partial charge on any atom is -0.492 e. The second-order valence-corrected chi connectivity index (χ2v) is 8.84. The molecule has 2 fully saturated rings. The highest BCUT2D eigenvalue weighted by atomic mass is 79.9. The number of ether oxygens (including phenoxy) is 2. The monoisotopic (exact) mass is 455 g/mol. The van der Waals surface area contributed by atoms with Crippen molar-refractivity contribution in [3.05, 3.63) is 27.1 Å². The third kappa shape index (κ3) is 4.10. The van der Waals surface area contributed by atoms with Crippen LogP contribution in [0.4, 0.5) is 0 Å². The van der Waals surface area contributed by atoms with E-state index in [1.54, 1.807) is 7.11 Å². The number of methoxy groups -OCH3 is 1. The molecule has 1 amide bonds. The SMILES string of the molecule is CCOc1cc(/C=C2/SC(=S)N(C3CCCCC3)C2=O)cc(Br)c1OC. The van der Waals surface area contributed by atoms with Crippen LogP contribution < -0.4 is 9.47 Å². The summed E-state index contributed by atoms with van der Waals surface area (Å²) in [6.45, 7) is 2.46. The molecule has 1 saturated carbocycles. The molecule has 140 valence electrons. The molecular formula is C19H22BrNO3S2. The Hall–Kier alpha value is -1.05. The zero-order valence-electron chi connectivity index (χ0n) is 14.9. The maximum Gasteiger partial charge on any atom is 0.266 e. The predicted octanol–water partition coefficient (Wildman–Crippen LogP) is 5.39. The van der Waals surface area contributed by atoms with Crippen LogP contribution in [0.5, 0.6) is 11.5 Å². The number of carbonyl (C=O) groups excluding carboxylic acids is 1. The first kappa shape index (κ1) is 19.7. The summed E-state index contributed by atoms with van der Waals surface area (Å²) >= 11 is 10.4.